The Morgan fingerprint density at radius 3 is 2.00 bits per heavy atom. The summed E-state index contributed by atoms with van der Waals surface area (Å²) in [6, 6.07) is 30.4. The summed E-state index contributed by atoms with van der Waals surface area (Å²) in [5.74, 6) is -0.788. The van der Waals surface area contributed by atoms with E-state index >= 15 is 0 Å². The van der Waals surface area contributed by atoms with Crippen molar-refractivity contribution in [1.82, 2.24) is 14.5 Å². The summed E-state index contributed by atoms with van der Waals surface area (Å²) in [6.07, 6.45) is 0.292. The van der Waals surface area contributed by atoms with Gasteiger partial charge in [0.2, 0.25) is 21.8 Å². The highest BCUT2D eigenvalue weighted by molar-refractivity contribution is 7.89. The molecule has 0 heterocycles. The van der Waals surface area contributed by atoms with Crippen LogP contribution in [0.2, 0.25) is 0 Å². The minimum Gasteiger partial charge on any atom is -0.357 e. The SMILES string of the molecule is CNC(=O)[C@H](Cc1ccccc1)N(Cc1ccccc1)C(=O)CN(C)S(=O)(=O)c1ccc2ccccc2c1. The molecule has 0 aliphatic carbocycles. The number of carbonyl (C=O) groups excluding carboxylic acids is 2. The van der Waals surface area contributed by atoms with E-state index in [0.717, 1.165) is 26.2 Å². The Hall–Kier alpha value is -4.01. The molecule has 0 bridgehead atoms. The van der Waals surface area contributed by atoms with E-state index in [9.17, 15) is 18.0 Å². The molecule has 8 heteroatoms. The Labute approximate surface area is 223 Å². The molecular formula is C30H31N3O4S. The summed E-state index contributed by atoms with van der Waals surface area (Å²) in [7, 11) is -1.04. The van der Waals surface area contributed by atoms with Gasteiger partial charge in [-0.2, -0.15) is 4.31 Å². The van der Waals surface area contributed by atoms with Gasteiger partial charge in [0.15, 0.2) is 0 Å². The normalized spacial score (nSPS) is 12.3. The summed E-state index contributed by atoms with van der Waals surface area (Å²) >= 11 is 0. The van der Waals surface area contributed by atoms with Crippen molar-refractivity contribution >= 4 is 32.6 Å². The van der Waals surface area contributed by atoms with Gasteiger partial charge in [-0.05, 0) is 34.0 Å². The molecule has 0 radical (unpaired) electrons. The molecule has 0 saturated carbocycles. The fourth-order valence-electron chi connectivity index (χ4n) is 4.37. The van der Waals surface area contributed by atoms with E-state index in [1.165, 1.54) is 19.0 Å². The molecule has 4 aromatic rings. The molecule has 4 aromatic carbocycles. The number of carbonyl (C=O) groups is 2. The zero-order valence-electron chi connectivity index (χ0n) is 21.4. The standard InChI is InChI=1S/C30H31N3O4S/c1-31-30(35)28(19-23-11-5-3-6-12-23)33(21-24-13-7-4-8-14-24)29(34)22-32(2)38(36,37)27-18-17-25-15-9-10-16-26(25)20-27/h3-18,20,28H,19,21-22H2,1-2H3,(H,31,35)/t28-/m0/s1. The molecule has 38 heavy (non-hydrogen) atoms. The fraction of sp³-hybridized carbons (Fsp3) is 0.200. The van der Waals surface area contributed by atoms with E-state index in [2.05, 4.69) is 5.32 Å². The molecule has 0 spiro atoms. The van der Waals surface area contributed by atoms with E-state index in [-0.39, 0.29) is 17.3 Å². The number of amides is 2. The van der Waals surface area contributed by atoms with Crippen LogP contribution in [-0.2, 0) is 32.6 Å². The molecular weight excluding hydrogens is 498 g/mol. The van der Waals surface area contributed by atoms with Gasteiger partial charge >= 0.3 is 0 Å². The van der Waals surface area contributed by atoms with Crippen molar-refractivity contribution < 1.29 is 18.0 Å². The lowest BCUT2D eigenvalue weighted by molar-refractivity contribution is -0.141. The topological polar surface area (TPSA) is 86.8 Å². The van der Waals surface area contributed by atoms with Crippen molar-refractivity contribution in [2.75, 3.05) is 20.6 Å². The van der Waals surface area contributed by atoms with Gasteiger partial charge in [0, 0.05) is 27.1 Å². The van der Waals surface area contributed by atoms with Crippen LogP contribution < -0.4 is 5.32 Å². The highest BCUT2D eigenvalue weighted by Crippen LogP contribution is 2.22. The average molecular weight is 530 g/mol. The zero-order valence-corrected chi connectivity index (χ0v) is 22.3. The molecule has 0 fully saturated rings. The first kappa shape index (κ1) is 27.0. The summed E-state index contributed by atoms with van der Waals surface area (Å²) in [4.78, 5) is 28.4. The summed E-state index contributed by atoms with van der Waals surface area (Å²) in [5, 5.41) is 4.39. The van der Waals surface area contributed by atoms with E-state index in [4.69, 9.17) is 0 Å². The van der Waals surface area contributed by atoms with Crippen molar-refractivity contribution in [2.45, 2.75) is 23.9 Å². The van der Waals surface area contributed by atoms with Gasteiger partial charge in [0.1, 0.15) is 6.04 Å². The molecule has 0 saturated heterocycles. The van der Waals surface area contributed by atoms with Crippen molar-refractivity contribution in [3.05, 3.63) is 114 Å². The van der Waals surface area contributed by atoms with Gasteiger partial charge < -0.3 is 10.2 Å². The second-order valence-corrected chi connectivity index (χ2v) is 11.1. The number of likely N-dealkylation sites (N-methyl/N-ethyl adjacent to an activating group) is 2. The third-order valence-corrected chi connectivity index (χ3v) is 8.30. The maximum absolute atomic E-state index is 13.7. The van der Waals surface area contributed by atoms with Gasteiger partial charge in [-0.1, -0.05) is 91.0 Å². The van der Waals surface area contributed by atoms with E-state index in [0.29, 0.717) is 6.42 Å². The number of rotatable bonds is 10. The number of nitrogens with zero attached hydrogens (tertiary/aromatic N) is 2. The predicted octanol–water partition coefficient (Wildman–Crippen LogP) is 3.85. The van der Waals surface area contributed by atoms with E-state index in [1.54, 1.807) is 18.2 Å². The molecule has 0 aliphatic heterocycles. The van der Waals surface area contributed by atoms with Crippen LogP contribution in [0, 0.1) is 0 Å². The van der Waals surface area contributed by atoms with E-state index in [1.807, 2.05) is 84.9 Å². The first-order chi connectivity index (χ1) is 18.3. The van der Waals surface area contributed by atoms with Crippen molar-refractivity contribution in [3.63, 3.8) is 0 Å². The lowest BCUT2D eigenvalue weighted by Gasteiger charge is -2.32. The molecule has 4 rings (SSSR count). The van der Waals surface area contributed by atoms with Crippen LogP contribution >= 0.6 is 0 Å². The second kappa shape index (κ2) is 12.0. The smallest absolute Gasteiger partial charge is 0.243 e. The van der Waals surface area contributed by atoms with Crippen molar-refractivity contribution in [2.24, 2.45) is 0 Å². The Morgan fingerprint density at radius 1 is 0.789 bits per heavy atom. The summed E-state index contributed by atoms with van der Waals surface area (Å²) in [5.41, 5.74) is 1.73. The number of benzene rings is 4. The maximum atomic E-state index is 13.7. The van der Waals surface area contributed by atoms with Gasteiger partial charge in [-0.25, -0.2) is 8.42 Å². The highest BCUT2D eigenvalue weighted by Gasteiger charge is 2.32. The lowest BCUT2D eigenvalue weighted by atomic mass is 10.0. The van der Waals surface area contributed by atoms with E-state index < -0.39 is 28.5 Å². The third kappa shape index (κ3) is 6.27. The number of nitrogens with one attached hydrogen (secondary N) is 1. The van der Waals surface area contributed by atoms with Crippen LogP contribution in [0.1, 0.15) is 11.1 Å². The Balaban J connectivity index is 1.63. The zero-order chi connectivity index (χ0) is 27.1. The minimum atomic E-state index is -3.96. The maximum Gasteiger partial charge on any atom is 0.243 e. The third-order valence-electron chi connectivity index (χ3n) is 6.50. The largest absolute Gasteiger partial charge is 0.357 e. The molecule has 0 aromatic heterocycles. The Morgan fingerprint density at radius 2 is 1.37 bits per heavy atom. The van der Waals surface area contributed by atoms with Gasteiger partial charge in [-0.3, -0.25) is 9.59 Å². The van der Waals surface area contributed by atoms with Gasteiger partial charge in [0.05, 0.1) is 11.4 Å². The number of sulfonamides is 1. The van der Waals surface area contributed by atoms with Gasteiger partial charge in [0.25, 0.3) is 0 Å². The van der Waals surface area contributed by atoms with Crippen LogP contribution in [0.5, 0.6) is 0 Å². The van der Waals surface area contributed by atoms with Gasteiger partial charge in [-0.15, -0.1) is 0 Å². The second-order valence-electron chi connectivity index (χ2n) is 9.10. The molecule has 1 atom stereocenters. The molecule has 2 amide bonds. The number of hydrogen-bond donors (Lipinski definition) is 1. The average Bonchev–Trinajstić information content (AvgIpc) is 2.95. The van der Waals surface area contributed by atoms with Crippen LogP contribution in [0.15, 0.2) is 108 Å². The first-order valence-corrected chi connectivity index (χ1v) is 13.8. The predicted molar refractivity (Wildman–Crippen MR) is 149 cm³/mol. The quantitative estimate of drug-likeness (QED) is 0.338. The highest BCUT2D eigenvalue weighted by atomic mass is 32.2. The number of hydrogen-bond acceptors (Lipinski definition) is 4. The Kier molecular flexibility index (Phi) is 8.55. The van der Waals surface area contributed by atoms with Crippen LogP contribution in [0.3, 0.4) is 0 Å². The molecule has 0 aliphatic rings. The molecule has 7 nitrogen and oxygen atoms in total. The Bertz CT molecular complexity index is 1510. The minimum absolute atomic E-state index is 0.105. The van der Waals surface area contributed by atoms with Crippen molar-refractivity contribution in [3.8, 4) is 0 Å². The lowest BCUT2D eigenvalue weighted by Crippen LogP contribution is -2.52. The van der Waals surface area contributed by atoms with Crippen LogP contribution in [-0.4, -0.2) is 56.1 Å². The summed E-state index contributed by atoms with van der Waals surface area (Å²) in [6.45, 7) is -0.251. The molecule has 196 valence electrons. The summed E-state index contributed by atoms with van der Waals surface area (Å²) < 4.78 is 27.9. The van der Waals surface area contributed by atoms with Crippen LogP contribution in [0.4, 0.5) is 0 Å². The van der Waals surface area contributed by atoms with Crippen LogP contribution in [0.25, 0.3) is 10.8 Å². The number of fused-ring (bicyclic) bond motifs is 1. The molecule has 0 unspecified atom stereocenters. The fourth-order valence-corrected chi connectivity index (χ4v) is 5.53. The first-order valence-electron chi connectivity index (χ1n) is 12.3. The molecule has 1 N–H and O–H groups in total. The monoisotopic (exact) mass is 529 g/mol. The van der Waals surface area contributed by atoms with Crippen molar-refractivity contribution in [1.29, 1.82) is 0 Å².